The molecule has 0 rings (SSSR count). The van der Waals surface area contributed by atoms with Crippen LogP contribution in [0.15, 0.2) is 0 Å². The van der Waals surface area contributed by atoms with E-state index in [1.165, 1.54) is 0 Å². The van der Waals surface area contributed by atoms with Crippen molar-refractivity contribution < 1.29 is 4.79 Å². The zero-order valence-corrected chi connectivity index (χ0v) is 9.26. The second-order valence-electron chi connectivity index (χ2n) is 3.43. The van der Waals surface area contributed by atoms with Gasteiger partial charge in [0.1, 0.15) is 5.78 Å². The van der Waals surface area contributed by atoms with Gasteiger partial charge in [0.05, 0.1) is 6.04 Å². The largest absolute Gasteiger partial charge is 0.320 e. The Labute approximate surface area is 81.5 Å². The van der Waals surface area contributed by atoms with Crippen LogP contribution in [0.5, 0.6) is 0 Å². The molecule has 1 atom stereocenters. The van der Waals surface area contributed by atoms with Crippen molar-refractivity contribution in [3.63, 3.8) is 0 Å². The minimum absolute atomic E-state index is 0.0712. The molecular weight excluding hydrogens is 164 g/mol. The minimum Gasteiger partial charge on any atom is -0.320 e. The molecule has 3 heteroatoms. The SMILES string of the molecule is CCC(=O)C(C)N(C)CCCNC. The molecule has 0 aromatic heterocycles. The maximum Gasteiger partial charge on any atom is 0.149 e. The van der Waals surface area contributed by atoms with Gasteiger partial charge in [-0.15, -0.1) is 0 Å². The highest BCUT2D eigenvalue weighted by Crippen LogP contribution is 2.00. The smallest absolute Gasteiger partial charge is 0.149 e. The second kappa shape index (κ2) is 7.04. The van der Waals surface area contributed by atoms with Crippen molar-refractivity contribution in [3.05, 3.63) is 0 Å². The van der Waals surface area contributed by atoms with Crippen LogP contribution in [0.25, 0.3) is 0 Å². The third-order valence-corrected chi connectivity index (χ3v) is 2.41. The highest BCUT2D eigenvalue weighted by Gasteiger charge is 2.14. The second-order valence-corrected chi connectivity index (χ2v) is 3.43. The first kappa shape index (κ1) is 12.6. The van der Waals surface area contributed by atoms with Crippen molar-refractivity contribution in [2.24, 2.45) is 0 Å². The molecule has 0 fully saturated rings. The van der Waals surface area contributed by atoms with E-state index in [0.717, 1.165) is 19.5 Å². The van der Waals surface area contributed by atoms with Gasteiger partial charge in [0.2, 0.25) is 0 Å². The molecule has 0 saturated heterocycles. The molecule has 0 saturated carbocycles. The van der Waals surface area contributed by atoms with Gasteiger partial charge in [-0.05, 0) is 40.5 Å². The molecule has 78 valence electrons. The Bertz CT molecular complexity index is 148. The van der Waals surface area contributed by atoms with Crippen LogP contribution in [0.2, 0.25) is 0 Å². The third-order valence-electron chi connectivity index (χ3n) is 2.41. The molecule has 0 aliphatic rings. The van der Waals surface area contributed by atoms with Crippen LogP contribution in [0.1, 0.15) is 26.7 Å². The van der Waals surface area contributed by atoms with E-state index in [9.17, 15) is 4.79 Å². The number of nitrogens with one attached hydrogen (secondary N) is 1. The van der Waals surface area contributed by atoms with Crippen LogP contribution in [0.4, 0.5) is 0 Å². The molecule has 0 aliphatic carbocycles. The van der Waals surface area contributed by atoms with Crippen molar-refractivity contribution in [1.29, 1.82) is 0 Å². The fourth-order valence-electron chi connectivity index (χ4n) is 1.24. The lowest BCUT2D eigenvalue weighted by atomic mass is 10.1. The fourth-order valence-corrected chi connectivity index (χ4v) is 1.24. The van der Waals surface area contributed by atoms with Crippen molar-refractivity contribution in [2.75, 3.05) is 27.2 Å². The summed E-state index contributed by atoms with van der Waals surface area (Å²) in [7, 11) is 3.95. The molecule has 0 radical (unpaired) electrons. The first-order chi connectivity index (χ1) is 6.13. The van der Waals surface area contributed by atoms with Gasteiger partial charge in [-0.1, -0.05) is 6.92 Å². The van der Waals surface area contributed by atoms with Crippen molar-refractivity contribution in [1.82, 2.24) is 10.2 Å². The highest BCUT2D eigenvalue weighted by molar-refractivity contribution is 5.83. The van der Waals surface area contributed by atoms with E-state index in [1.54, 1.807) is 0 Å². The number of nitrogens with zero attached hydrogens (tertiary/aromatic N) is 1. The molecule has 0 bridgehead atoms. The van der Waals surface area contributed by atoms with Crippen molar-refractivity contribution in [2.45, 2.75) is 32.7 Å². The molecule has 1 N–H and O–H groups in total. The Morgan fingerprint density at radius 3 is 2.62 bits per heavy atom. The highest BCUT2D eigenvalue weighted by atomic mass is 16.1. The van der Waals surface area contributed by atoms with Crippen LogP contribution in [-0.4, -0.2) is 43.9 Å². The number of carbonyl (C=O) groups excluding carboxylic acids is 1. The molecule has 0 amide bonds. The van der Waals surface area contributed by atoms with E-state index in [4.69, 9.17) is 0 Å². The topological polar surface area (TPSA) is 32.3 Å². The number of rotatable bonds is 7. The summed E-state index contributed by atoms with van der Waals surface area (Å²) in [6.07, 6.45) is 1.73. The first-order valence-corrected chi connectivity index (χ1v) is 5.01. The summed E-state index contributed by atoms with van der Waals surface area (Å²) in [6, 6.07) is 0.0712. The molecule has 3 nitrogen and oxygen atoms in total. The molecule has 1 unspecified atom stereocenters. The van der Waals surface area contributed by atoms with Gasteiger partial charge in [-0.3, -0.25) is 9.69 Å². The maximum atomic E-state index is 11.3. The fraction of sp³-hybridized carbons (Fsp3) is 0.900. The quantitative estimate of drug-likeness (QED) is 0.599. The Morgan fingerprint density at radius 2 is 2.15 bits per heavy atom. The number of hydrogen-bond donors (Lipinski definition) is 1. The number of ketones is 1. The molecule has 0 aromatic carbocycles. The van der Waals surface area contributed by atoms with Gasteiger partial charge in [0.15, 0.2) is 0 Å². The Balaban J connectivity index is 3.68. The standard InChI is InChI=1S/C10H22N2O/c1-5-10(13)9(2)12(4)8-6-7-11-3/h9,11H,5-8H2,1-4H3. The Kier molecular flexibility index (Phi) is 6.82. The van der Waals surface area contributed by atoms with Crippen molar-refractivity contribution >= 4 is 5.78 Å². The predicted octanol–water partition coefficient (Wildman–Crippen LogP) is 0.895. The summed E-state index contributed by atoms with van der Waals surface area (Å²) < 4.78 is 0. The van der Waals surface area contributed by atoms with E-state index in [1.807, 2.05) is 27.9 Å². The van der Waals surface area contributed by atoms with Crippen LogP contribution < -0.4 is 5.32 Å². The summed E-state index contributed by atoms with van der Waals surface area (Å²) >= 11 is 0. The average molecular weight is 186 g/mol. The number of hydrogen-bond acceptors (Lipinski definition) is 3. The zero-order valence-electron chi connectivity index (χ0n) is 9.26. The monoisotopic (exact) mass is 186 g/mol. The van der Waals surface area contributed by atoms with Crippen LogP contribution in [0.3, 0.4) is 0 Å². The summed E-state index contributed by atoms with van der Waals surface area (Å²) in [5.41, 5.74) is 0. The summed E-state index contributed by atoms with van der Waals surface area (Å²) in [4.78, 5) is 13.4. The minimum atomic E-state index is 0.0712. The molecule has 0 aliphatic heterocycles. The Hall–Kier alpha value is -0.410. The van der Waals surface area contributed by atoms with E-state index in [0.29, 0.717) is 12.2 Å². The first-order valence-electron chi connectivity index (χ1n) is 5.01. The predicted molar refractivity (Wildman–Crippen MR) is 55.9 cm³/mol. The Morgan fingerprint density at radius 1 is 1.54 bits per heavy atom. The number of carbonyl (C=O) groups is 1. The molecule has 0 aromatic rings. The number of Topliss-reactive ketones (excluding diaryl/α,β-unsaturated/α-hetero) is 1. The van der Waals surface area contributed by atoms with Gasteiger partial charge >= 0.3 is 0 Å². The van der Waals surface area contributed by atoms with Gasteiger partial charge in [0, 0.05) is 6.42 Å². The lowest BCUT2D eigenvalue weighted by molar-refractivity contribution is -0.123. The van der Waals surface area contributed by atoms with Gasteiger partial charge in [-0.25, -0.2) is 0 Å². The third kappa shape index (κ3) is 5.01. The number of likely N-dealkylation sites (N-methyl/N-ethyl adjacent to an activating group) is 1. The summed E-state index contributed by atoms with van der Waals surface area (Å²) in [5.74, 6) is 0.326. The average Bonchev–Trinajstić information content (AvgIpc) is 2.15. The lowest BCUT2D eigenvalue weighted by Crippen LogP contribution is -2.37. The molecule has 13 heavy (non-hydrogen) atoms. The van der Waals surface area contributed by atoms with Crippen molar-refractivity contribution in [3.8, 4) is 0 Å². The summed E-state index contributed by atoms with van der Waals surface area (Å²) in [6.45, 7) is 5.89. The maximum absolute atomic E-state index is 11.3. The van der Waals surface area contributed by atoms with Crippen LogP contribution in [0, 0.1) is 0 Å². The van der Waals surface area contributed by atoms with Gasteiger partial charge in [0.25, 0.3) is 0 Å². The van der Waals surface area contributed by atoms with E-state index in [-0.39, 0.29) is 6.04 Å². The summed E-state index contributed by atoms with van der Waals surface area (Å²) in [5, 5.41) is 3.09. The molecule has 0 heterocycles. The van der Waals surface area contributed by atoms with E-state index in [2.05, 4.69) is 10.2 Å². The normalized spacial score (nSPS) is 13.3. The van der Waals surface area contributed by atoms with Crippen LogP contribution in [-0.2, 0) is 4.79 Å². The lowest BCUT2D eigenvalue weighted by Gasteiger charge is -2.22. The van der Waals surface area contributed by atoms with E-state index < -0.39 is 0 Å². The van der Waals surface area contributed by atoms with E-state index >= 15 is 0 Å². The van der Waals surface area contributed by atoms with Crippen LogP contribution >= 0.6 is 0 Å². The molecular formula is C10H22N2O. The van der Waals surface area contributed by atoms with Gasteiger partial charge < -0.3 is 5.32 Å². The van der Waals surface area contributed by atoms with Gasteiger partial charge in [-0.2, -0.15) is 0 Å². The molecule has 0 spiro atoms. The zero-order chi connectivity index (χ0) is 10.3.